The highest BCUT2D eigenvalue weighted by Crippen LogP contribution is 2.16. The molecule has 0 saturated heterocycles. The first-order valence-corrected chi connectivity index (χ1v) is 33.1. The molecule has 0 aliphatic heterocycles. The van der Waals surface area contributed by atoms with E-state index in [1.165, 1.54) is 186 Å². The molecule has 1 unspecified atom stereocenters. The minimum atomic E-state index is -0.786. The van der Waals surface area contributed by atoms with Crippen LogP contribution in [-0.4, -0.2) is 37.2 Å². The van der Waals surface area contributed by atoms with Crippen molar-refractivity contribution in [2.45, 2.75) is 335 Å². The third-order valence-corrected chi connectivity index (χ3v) is 14.4. The summed E-state index contributed by atoms with van der Waals surface area (Å²) in [7, 11) is 0. The predicted octanol–water partition coefficient (Wildman–Crippen LogP) is 22.7. The van der Waals surface area contributed by atoms with Crippen LogP contribution in [0, 0.1) is 0 Å². The van der Waals surface area contributed by atoms with E-state index < -0.39 is 6.10 Å². The minimum Gasteiger partial charge on any atom is -0.462 e. The van der Waals surface area contributed by atoms with Gasteiger partial charge in [0.1, 0.15) is 13.2 Å². The fraction of sp³-hybridized carbons (Fsp3) is 0.761. The van der Waals surface area contributed by atoms with Crippen molar-refractivity contribution in [2.24, 2.45) is 0 Å². The lowest BCUT2D eigenvalue weighted by Gasteiger charge is -2.18. The summed E-state index contributed by atoms with van der Waals surface area (Å²) in [5, 5.41) is 0. The largest absolute Gasteiger partial charge is 0.462 e. The summed E-state index contributed by atoms with van der Waals surface area (Å²) < 4.78 is 16.9. The molecule has 6 nitrogen and oxygen atoms in total. The van der Waals surface area contributed by atoms with Crippen LogP contribution in [0.15, 0.2) is 85.1 Å². The molecular formula is C71H124O6. The van der Waals surface area contributed by atoms with E-state index in [0.29, 0.717) is 19.3 Å². The first kappa shape index (κ1) is 73.6. The SMILES string of the molecule is CC/C=C\C/C=C\C/C=C\C/C=C\CCCCCCCCCCC(=O)OC(COC(=O)CCCCCCC/C=C\CCCCCC)COC(=O)CCCCCCCCCCCCCCC/C=C\C/C=C\CCCCCCC. The van der Waals surface area contributed by atoms with Crippen LogP contribution in [0.3, 0.4) is 0 Å². The van der Waals surface area contributed by atoms with Gasteiger partial charge >= 0.3 is 17.9 Å². The number of esters is 3. The topological polar surface area (TPSA) is 78.9 Å². The molecule has 0 radical (unpaired) electrons. The van der Waals surface area contributed by atoms with E-state index in [1.807, 2.05) is 0 Å². The Labute approximate surface area is 477 Å². The second-order valence-electron chi connectivity index (χ2n) is 22.0. The van der Waals surface area contributed by atoms with E-state index in [1.54, 1.807) is 0 Å². The lowest BCUT2D eigenvalue weighted by atomic mass is 10.0. The van der Waals surface area contributed by atoms with Crippen LogP contribution in [0.4, 0.5) is 0 Å². The number of ether oxygens (including phenoxy) is 3. The van der Waals surface area contributed by atoms with Crippen LogP contribution < -0.4 is 0 Å². The molecule has 0 aliphatic rings. The Morgan fingerprint density at radius 2 is 0.506 bits per heavy atom. The quantitative estimate of drug-likeness (QED) is 0.0261. The van der Waals surface area contributed by atoms with Gasteiger partial charge in [0, 0.05) is 19.3 Å². The van der Waals surface area contributed by atoms with E-state index in [9.17, 15) is 14.4 Å². The van der Waals surface area contributed by atoms with E-state index in [0.717, 1.165) is 103 Å². The van der Waals surface area contributed by atoms with Gasteiger partial charge in [0.2, 0.25) is 0 Å². The molecule has 0 fully saturated rings. The van der Waals surface area contributed by atoms with Gasteiger partial charge in [-0.05, 0) is 116 Å². The Morgan fingerprint density at radius 1 is 0.273 bits per heavy atom. The summed E-state index contributed by atoms with van der Waals surface area (Å²) in [5.41, 5.74) is 0. The lowest BCUT2D eigenvalue weighted by Crippen LogP contribution is -2.30. The number of rotatable bonds is 60. The molecular weight excluding hydrogens is 949 g/mol. The summed E-state index contributed by atoms with van der Waals surface area (Å²) in [6.45, 7) is 6.52. The average Bonchev–Trinajstić information content (AvgIpc) is 3.43. The van der Waals surface area contributed by atoms with Crippen molar-refractivity contribution < 1.29 is 28.6 Å². The van der Waals surface area contributed by atoms with Crippen LogP contribution in [0.5, 0.6) is 0 Å². The van der Waals surface area contributed by atoms with E-state index in [2.05, 4.69) is 106 Å². The maximum atomic E-state index is 12.9. The third kappa shape index (κ3) is 63.3. The van der Waals surface area contributed by atoms with Gasteiger partial charge in [0.15, 0.2) is 6.10 Å². The Bertz CT molecular complexity index is 1470. The highest BCUT2D eigenvalue weighted by atomic mass is 16.6. The van der Waals surface area contributed by atoms with Crippen LogP contribution >= 0.6 is 0 Å². The van der Waals surface area contributed by atoms with Gasteiger partial charge < -0.3 is 14.2 Å². The van der Waals surface area contributed by atoms with Crippen LogP contribution in [-0.2, 0) is 28.6 Å². The fourth-order valence-corrected chi connectivity index (χ4v) is 9.40. The van der Waals surface area contributed by atoms with Crippen molar-refractivity contribution in [3.63, 3.8) is 0 Å². The van der Waals surface area contributed by atoms with Crippen molar-refractivity contribution >= 4 is 17.9 Å². The zero-order chi connectivity index (χ0) is 55.7. The molecule has 0 amide bonds. The highest BCUT2D eigenvalue weighted by molar-refractivity contribution is 5.71. The Balaban J connectivity index is 4.31. The Hall–Kier alpha value is -3.41. The van der Waals surface area contributed by atoms with Crippen molar-refractivity contribution in [1.82, 2.24) is 0 Å². The molecule has 0 rings (SSSR count). The maximum Gasteiger partial charge on any atom is 0.306 e. The number of hydrogen-bond donors (Lipinski definition) is 0. The maximum absolute atomic E-state index is 12.9. The number of hydrogen-bond acceptors (Lipinski definition) is 6. The first-order chi connectivity index (χ1) is 38.0. The molecule has 0 aromatic carbocycles. The standard InChI is InChI=1S/C71H124O6/c1-4-7-10-13-16-19-22-25-27-29-31-33-34-35-36-38-39-41-43-46-49-52-55-58-61-64-70(73)76-67-68(66-75-69(72)63-60-57-54-51-48-45-24-21-18-15-12-9-6-3)77-71(74)65-62-59-56-53-50-47-44-42-40-37-32-30-28-26-23-20-17-14-11-8-5-2/h8,11,17,20-22,24-26,28-29,31-32,37,68H,4-7,9-10,12-16,18-19,23,27,30,33-36,38-67H2,1-3H3/b11-8-,20-17-,24-21-,25-22-,28-26-,31-29-,37-32-. The number of carbonyl (C=O) groups excluding carboxylic acids is 3. The minimum absolute atomic E-state index is 0.0812. The van der Waals surface area contributed by atoms with Crippen LogP contribution in [0.1, 0.15) is 329 Å². The van der Waals surface area contributed by atoms with Gasteiger partial charge in [-0.1, -0.05) is 279 Å². The summed E-state index contributed by atoms with van der Waals surface area (Å²) in [6.07, 6.45) is 85.9. The zero-order valence-corrected chi connectivity index (χ0v) is 51.0. The number of allylic oxidation sites excluding steroid dienone is 14. The molecule has 0 bridgehead atoms. The van der Waals surface area contributed by atoms with Crippen molar-refractivity contribution in [3.05, 3.63) is 85.1 Å². The second-order valence-corrected chi connectivity index (χ2v) is 22.0. The smallest absolute Gasteiger partial charge is 0.306 e. The van der Waals surface area contributed by atoms with Crippen molar-refractivity contribution in [1.29, 1.82) is 0 Å². The summed E-state index contributed by atoms with van der Waals surface area (Å²) >= 11 is 0. The lowest BCUT2D eigenvalue weighted by molar-refractivity contribution is -0.167. The first-order valence-electron chi connectivity index (χ1n) is 33.1. The summed E-state index contributed by atoms with van der Waals surface area (Å²) in [6, 6.07) is 0. The zero-order valence-electron chi connectivity index (χ0n) is 51.0. The molecule has 0 heterocycles. The second kappa shape index (κ2) is 65.1. The van der Waals surface area contributed by atoms with E-state index in [4.69, 9.17) is 14.2 Å². The van der Waals surface area contributed by atoms with Crippen LogP contribution in [0.25, 0.3) is 0 Å². The van der Waals surface area contributed by atoms with Gasteiger partial charge in [-0.15, -0.1) is 0 Å². The van der Waals surface area contributed by atoms with Gasteiger partial charge in [-0.3, -0.25) is 14.4 Å². The van der Waals surface area contributed by atoms with Gasteiger partial charge in [0.25, 0.3) is 0 Å². The molecule has 1 atom stereocenters. The summed E-state index contributed by atoms with van der Waals surface area (Å²) in [4.78, 5) is 38.3. The highest BCUT2D eigenvalue weighted by Gasteiger charge is 2.19. The van der Waals surface area contributed by atoms with Gasteiger partial charge in [0.05, 0.1) is 0 Å². The number of unbranched alkanes of at least 4 members (excludes halogenated alkanes) is 35. The molecule has 0 aromatic rings. The molecule has 0 N–H and O–H groups in total. The monoisotopic (exact) mass is 1070 g/mol. The molecule has 0 aromatic heterocycles. The van der Waals surface area contributed by atoms with E-state index >= 15 is 0 Å². The fourth-order valence-electron chi connectivity index (χ4n) is 9.40. The molecule has 0 spiro atoms. The Morgan fingerprint density at radius 3 is 0.818 bits per heavy atom. The van der Waals surface area contributed by atoms with Crippen molar-refractivity contribution in [3.8, 4) is 0 Å². The molecule has 444 valence electrons. The molecule has 0 saturated carbocycles. The normalized spacial score (nSPS) is 12.6. The molecule has 77 heavy (non-hydrogen) atoms. The van der Waals surface area contributed by atoms with E-state index in [-0.39, 0.29) is 31.1 Å². The average molecular weight is 1070 g/mol. The Kier molecular flexibility index (Phi) is 62.2. The van der Waals surface area contributed by atoms with Crippen LogP contribution in [0.2, 0.25) is 0 Å². The predicted molar refractivity (Wildman–Crippen MR) is 334 cm³/mol. The van der Waals surface area contributed by atoms with Crippen molar-refractivity contribution in [2.75, 3.05) is 13.2 Å². The van der Waals surface area contributed by atoms with Gasteiger partial charge in [-0.2, -0.15) is 0 Å². The third-order valence-electron chi connectivity index (χ3n) is 14.4. The number of carbonyl (C=O) groups is 3. The molecule has 6 heteroatoms. The summed E-state index contributed by atoms with van der Waals surface area (Å²) in [5.74, 6) is -0.886. The molecule has 0 aliphatic carbocycles. The van der Waals surface area contributed by atoms with Gasteiger partial charge in [-0.25, -0.2) is 0 Å².